The summed E-state index contributed by atoms with van der Waals surface area (Å²) in [5.41, 5.74) is 11.9. The number of nitrogens with zero attached hydrogens (tertiary/aromatic N) is 4. The van der Waals surface area contributed by atoms with Crippen LogP contribution in [0, 0.1) is 0 Å². The summed E-state index contributed by atoms with van der Waals surface area (Å²) in [7, 11) is 7.05. The number of hydrogen-bond acceptors (Lipinski definition) is 7. The number of fused-ring (bicyclic) bond motifs is 1. The van der Waals surface area contributed by atoms with E-state index < -0.39 is 11.2 Å². The van der Waals surface area contributed by atoms with Crippen LogP contribution in [-0.2, 0) is 18.8 Å². The van der Waals surface area contributed by atoms with Crippen molar-refractivity contribution in [3.05, 3.63) is 97.9 Å². The summed E-state index contributed by atoms with van der Waals surface area (Å²) >= 11 is 5.60. The molecule has 2 heterocycles. The molecule has 0 radical (unpaired) electrons. The molecule has 11 heteroatoms. The monoisotopic (exact) mass is 529 g/mol. The second-order valence-electron chi connectivity index (χ2n) is 8.38. The number of likely N-dealkylation sites (N-methyl/N-ethyl adjacent to an activating group) is 1. The highest BCUT2D eigenvalue weighted by atomic mass is 35.5. The maximum atomic E-state index is 11.5. The van der Waals surface area contributed by atoms with E-state index in [0.29, 0.717) is 13.1 Å². The molecular weight excluding hydrogens is 494 g/mol. The average Bonchev–Trinajstić information content (AvgIpc) is 3.32. The number of benzene rings is 2. The number of rotatable bonds is 7. The lowest BCUT2D eigenvalue weighted by Crippen LogP contribution is -2.36. The van der Waals surface area contributed by atoms with E-state index in [0.717, 1.165) is 17.7 Å². The van der Waals surface area contributed by atoms with Crippen LogP contribution in [0.3, 0.4) is 0 Å². The highest BCUT2D eigenvalue weighted by molar-refractivity contribution is 6.28. The van der Waals surface area contributed by atoms with Gasteiger partial charge in [0, 0.05) is 33.7 Å². The van der Waals surface area contributed by atoms with E-state index in [2.05, 4.69) is 77.5 Å². The molecule has 0 unspecified atom stereocenters. The fraction of sp³-hybridized carbons (Fsp3) is 0.346. The summed E-state index contributed by atoms with van der Waals surface area (Å²) < 4.78 is 8.34. The van der Waals surface area contributed by atoms with Crippen LogP contribution >= 0.6 is 11.6 Å². The molecule has 0 atom stereocenters. The van der Waals surface area contributed by atoms with Gasteiger partial charge in [0.25, 0.3) is 5.56 Å². The van der Waals surface area contributed by atoms with Crippen molar-refractivity contribution >= 4 is 22.8 Å². The van der Waals surface area contributed by atoms with Crippen LogP contribution in [-0.4, -0.2) is 64.3 Å². The summed E-state index contributed by atoms with van der Waals surface area (Å²) in [5.74, 6) is 0. The van der Waals surface area contributed by atoms with Gasteiger partial charge in [-0.3, -0.25) is 13.9 Å². The summed E-state index contributed by atoms with van der Waals surface area (Å²) in [6.45, 7) is 2.84. The van der Waals surface area contributed by atoms with E-state index in [-0.39, 0.29) is 22.6 Å². The lowest BCUT2D eigenvalue weighted by Gasteiger charge is -2.20. The first-order chi connectivity index (χ1) is 17.7. The average molecular weight is 530 g/mol. The van der Waals surface area contributed by atoms with Crippen molar-refractivity contribution in [1.29, 1.82) is 0 Å². The fourth-order valence-electron chi connectivity index (χ4n) is 3.29. The van der Waals surface area contributed by atoms with Gasteiger partial charge in [-0.25, -0.2) is 4.79 Å². The second-order valence-corrected chi connectivity index (χ2v) is 8.74. The standard InChI is InChI=1S/C17H21NO.C7H7ClN4O2.C2H8N2/c1-18(2)13-14-19-17(15-9-5-3-6-10-15)16-11-7-4-8-12-16;1-11-4-3(9-6(8)10-4)5(13)12(2)7(11)14;3-1-2-4/h3-12,17H,13-14H2,1-2H3;1-2H3,(H,9,10);1-4H2. The minimum absolute atomic E-state index is 0.0161. The SMILES string of the molecule is CN(C)CCOC(c1ccccc1)c1ccccc1.Cn1c(=O)c2[nH]c(Cl)nc2n(C)c1=O.NCCN. The summed E-state index contributed by atoms with van der Waals surface area (Å²) in [6.07, 6.45) is 0.0161. The zero-order valence-corrected chi connectivity index (χ0v) is 22.5. The van der Waals surface area contributed by atoms with Crippen molar-refractivity contribution in [2.24, 2.45) is 25.6 Å². The van der Waals surface area contributed by atoms with E-state index >= 15 is 0 Å². The Bertz CT molecular complexity index is 1290. The maximum Gasteiger partial charge on any atom is 0.332 e. The molecule has 5 N–H and O–H groups in total. The van der Waals surface area contributed by atoms with Gasteiger partial charge in [0.1, 0.15) is 6.10 Å². The third kappa shape index (κ3) is 8.66. The number of aromatic amines is 1. The van der Waals surface area contributed by atoms with Gasteiger partial charge in [-0.2, -0.15) is 4.98 Å². The molecule has 0 saturated carbocycles. The van der Waals surface area contributed by atoms with Crippen LogP contribution in [0.2, 0.25) is 5.28 Å². The van der Waals surface area contributed by atoms with Crippen molar-refractivity contribution in [2.45, 2.75) is 6.10 Å². The van der Waals surface area contributed by atoms with Crippen LogP contribution in [0.1, 0.15) is 17.2 Å². The lowest BCUT2D eigenvalue weighted by molar-refractivity contribution is 0.0687. The Morgan fingerprint density at radius 2 is 1.46 bits per heavy atom. The molecule has 37 heavy (non-hydrogen) atoms. The molecule has 0 spiro atoms. The first kappa shape index (κ1) is 29.9. The molecule has 2 aromatic carbocycles. The number of aryl methyl sites for hydroxylation is 1. The Morgan fingerprint density at radius 3 is 1.92 bits per heavy atom. The van der Waals surface area contributed by atoms with Gasteiger partial charge in [-0.05, 0) is 36.8 Å². The molecule has 4 aromatic rings. The Hall–Kier alpha value is -3.28. The Kier molecular flexibility index (Phi) is 12.2. The van der Waals surface area contributed by atoms with Crippen molar-refractivity contribution in [2.75, 3.05) is 40.3 Å². The first-order valence-electron chi connectivity index (χ1n) is 11.8. The molecular formula is C26H36ClN7O3. The van der Waals surface area contributed by atoms with E-state index in [1.807, 2.05) is 12.1 Å². The van der Waals surface area contributed by atoms with Crippen molar-refractivity contribution in [3.8, 4) is 0 Å². The molecule has 2 aromatic heterocycles. The number of halogens is 1. The fourth-order valence-corrected chi connectivity index (χ4v) is 3.47. The van der Waals surface area contributed by atoms with Gasteiger partial charge < -0.3 is 26.1 Å². The Labute approximate surface area is 221 Å². The van der Waals surface area contributed by atoms with E-state index in [1.165, 1.54) is 29.8 Å². The van der Waals surface area contributed by atoms with E-state index in [1.54, 1.807) is 0 Å². The zero-order valence-electron chi connectivity index (χ0n) is 21.7. The number of aromatic nitrogens is 4. The van der Waals surface area contributed by atoms with Gasteiger partial charge in [0.15, 0.2) is 11.2 Å². The molecule has 0 aliphatic carbocycles. The molecule has 0 amide bonds. The second kappa shape index (κ2) is 15.1. The van der Waals surface area contributed by atoms with Gasteiger partial charge >= 0.3 is 5.69 Å². The van der Waals surface area contributed by atoms with Crippen molar-refractivity contribution in [3.63, 3.8) is 0 Å². The molecule has 0 fully saturated rings. The number of nitrogens with one attached hydrogen (secondary N) is 1. The molecule has 0 aliphatic rings. The third-order valence-electron chi connectivity index (χ3n) is 5.26. The number of nitrogens with two attached hydrogens (primary N) is 2. The normalized spacial score (nSPS) is 10.7. The van der Waals surface area contributed by atoms with Crippen LogP contribution < -0.4 is 22.7 Å². The van der Waals surface area contributed by atoms with E-state index in [4.69, 9.17) is 27.8 Å². The summed E-state index contributed by atoms with van der Waals surface area (Å²) in [6, 6.07) is 20.8. The van der Waals surface area contributed by atoms with Gasteiger partial charge in [-0.1, -0.05) is 60.7 Å². The molecule has 10 nitrogen and oxygen atoms in total. The highest BCUT2D eigenvalue weighted by Crippen LogP contribution is 2.25. The number of H-pyrrole nitrogens is 1. The molecule has 4 rings (SSSR count). The van der Waals surface area contributed by atoms with Gasteiger partial charge in [0.2, 0.25) is 5.28 Å². The quantitative estimate of drug-likeness (QED) is 0.311. The minimum Gasteiger partial charge on any atom is -0.367 e. The highest BCUT2D eigenvalue weighted by Gasteiger charge is 2.14. The zero-order chi connectivity index (χ0) is 27.4. The van der Waals surface area contributed by atoms with Gasteiger partial charge in [0.05, 0.1) is 6.61 Å². The van der Waals surface area contributed by atoms with E-state index in [9.17, 15) is 9.59 Å². The predicted molar refractivity (Wildman–Crippen MR) is 149 cm³/mol. The summed E-state index contributed by atoms with van der Waals surface area (Å²) in [5, 5.41) is 0.0956. The lowest BCUT2D eigenvalue weighted by atomic mass is 10.0. The minimum atomic E-state index is -0.428. The molecule has 200 valence electrons. The maximum absolute atomic E-state index is 11.5. The number of hydrogen-bond donors (Lipinski definition) is 3. The van der Waals surface area contributed by atoms with Crippen molar-refractivity contribution in [1.82, 2.24) is 24.0 Å². The van der Waals surface area contributed by atoms with Crippen LogP contribution in [0.4, 0.5) is 0 Å². The Morgan fingerprint density at radius 1 is 0.946 bits per heavy atom. The largest absolute Gasteiger partial charge is 0.367 e. The first-order valence-corrected chi connectivity index (χ1v) is 12.2. The van der Waals surface area contributed by atoms with Crippen LogP contribution in [0.25, 0.3) is 11.2 Å². The smallest absolute Gasteiger partial charge is 0.332 e. The Balaban J connectivity index is 0.000000235. The predicted octanol–water partition coefficient (Wildman–Crippen LogP) is 1.87. The van der Waals surface area contributed by atoms with Gasteiger partial charge in [-0.15, -0.1) is 0 Å². The molecule has 0 aliphatic heterocycles. The topological polar surface area (TPSA) is 137 Å². The van der Waals surface area contributed by atoms with Crippen molar-refractivity contribution < 1.29 is 4.74 Å². The van der Waals surface area contributed by atoms with Crippen LogP contribution in [0.5, 0.6) is 0 Å². The molecule has 0 saturated heterocycles. The molecule has 0 bridgehead atoms. The van der Waals surface area contributed by atoms with Crippen LogP contribution in [0.15, 0.2) is 70.3 Å². The summed E-state index contributed by atoms with van der Waals surface area (Å²) in [4.78, 5) is 31.5. The number of imidazole rings is 1. The number of ether oxygens (including phenoxy) is 1. The third-order valence-corrected chi connectivity index (χ3v) is 5.44.